The number of anilines is 2. The van der Waals surface area contributed by atoms with Crippen molar-refractivity contribution in [3.63, 3.8) is 0 Å². The molecule has 10 heteroatoms. The van der Waals surface area contributed by atoms with E-state index in [2.05, 4.69) is 20.7 Å². The van der Waals surface area contributed by atoms with Gasteiger partial charge in [0, 0.05) is 40.7 Å². The van der Waals surface area contributed by atoms with Gasteiger partial charge in [0.25, 0.3) is 5.91 Å². The molecule has 1 aliphatic carbocycles. The summed E-state index contributed by atoms with van der Waals surface area (Å²) in [7, 11) is 0. The molecule has 2 amide bonds. The smallest absolute Gasteiger partial charge is 0.322 e. The van der Waals surface area contributed by atoms with Crippen LogP contribution in [0.2, 0.25) is 0 Å². The summed E-state index contributed by atoms with van der Waals surface area (Å²) in [6.45, 7) is 3.82. The minimum atomic E-state index is -4.54. The standard InChI is InChI=1S/C28H24F3N5O2/c1-16-6-9-22(34-27(38)19-4-3-5-21(11-19)28(29,30)31)12-24(16)36-15-20(13-33-36)23-14-32-25(10-17(23)2)35-26(37)18-7-8-18/h3-6,9-15,18H,7-8H2,1-2H3,(H,34,38)(H,32,35,37). The van der Waals surface area contributed by atoms with Crippen LogP contribution in [0.1, 0.15) is 39.9 Å². The van der Waals surface area contributed by atoms with Crippen molar-refractivity contribution in [3.05, 3.63) is 89.4 Å². The van der Waals surface area contributed by atoms with Crippen LogP contribution in [0.25, 0.3) is 16.8 Å². The van der Waals surface area contributed by atoms with E-state index in [1.807, 2.05) is 26.1 Å². The van der Waals surface area contributed by atoms with Crippen LogP contribution in [0.5, 0.6) is 0 Å². The molecule has 5 rings (SSSR count). The van der Waals surface area contributed by atoms with Crippen LogP contribution in [-0.4, -0.2) is 26.6 Å². The Kier molecular flexibility index (Phi) is 6.48. The first-order valence-corrected chi connectivity index (χ1v) is 12.0. The lowest BCUT2D eigenvalue weighted by Crippen LogP contribution is -2.14. The normalized spacial score (nSPS) is 13.3. The molecule has 2 heterocycles. The molecule has 0 bridgehead atoms. The minimum Gasteiger partial charge on any atom is -0.322 e. The zero-order valence-electron chi connectivity index (χ0n) is 20.6. The Morgan fingerprint density at radius 2 is 1.76 bits per heavy atom. The second-order valence-corrected chi connectivity index (χ2v) is 9.36. The molecule has 194 valence electrons. The number of carbonyl (C=O) groups excluding carboxylic acids is 2. The quantitative estimate of drug-likeness (QED) is 0.319. The third kappa shape index (κ3) is 5.44. The molecule has 1 fully saturated rings. The van der Waals surface area contributed by atoms with Crippen LogP contribution >= 0.6 is 0 Å². The first-order valence-electron chi connectivity index (χ1n) is 12.0. The summed E-state index contributed by atoms with van der Waals surface area (Å²) in [5, 5.41) is 9.97. The predicted octanol–water partition coefficient (Wildman–Crippen LogP) is 6.17. The van der Waals surface area contributed by atoms with Crippen molar-refractivity contribution >= 4 is 23.3 Å². The maximum absolute atomic E-state index is 13.0. The van der Waals surface area contributed by atoms with Gasteiger partial charge in [-0.3, -0.25) is 9.59 Å². The van der Waals surface area contributed by atoms with Gasteiger partial charge < -0.3 is 10.6 Å². The molecule has 38 heavy (non-hydrogen) atoms. The summed E-state index contributed by atoms with van der Waals surface area (Å²) < 4.78 is 40.8. The maximum atomic E-state index is 13.0. The van der Waals surface area contributed by atoms with E-state index < -0.39 is 17.6 Å². The summed E-state index contributed by atoms with van der Waals surface area (Å²) in [5.74, 6) is -0.0601. The third-order valence-electron chi connectivity index (χ3n) is 6.37. The van der Waals surface area contributed by atoms with Crippen LogP contribution in [-0.2, 0) is 11.0 Å². The van der Waals surface area contributed by atoms with Crippen molar-refractivity contribution in [2.75, 3.05) is 10.6 Å². The predicted molar refractivity (Wildman–Crippen MR) is 137 cm³/mol. The van der Waals surface area contributed by atoms with Crippen LogP contribution in [0.4, 0.5) is 24.7 Å². The number of halogens is 3. The van der Waals surface area contributed by atoms with Crippen molar-refractivity contribution in [1.29, 1.82) is 0 Å². The average molecular weight is 520 g/mol. The van der Waals surface area contributed by atoms with Crippen molar-refractivity contribution in [2.24, 2.45) is 5.92 Å². The van der Waals surface area contributed by atoms with Gasteiger partial charge in [0.2, 0.25) is 5.91 Å². The topological polar surface area (TPSA) is 88.9 Å². The molecule has 0 radical (unpaired) electrons. The second kappa shape index (κ2) is 9.77. The van der Waals surface area contributed by atoms with E-state index in [0.717, 1.165) is 47.2 Å². The highest BCUT2D eigenvalue weighted by Gasteiger charge is 2.31. The molecular formula is C28H24F3N5O2. The zero-order valence-corrected chi connectivity index (χ0v) is 20.6. The van der Waals surface area contributed by atoms with Gasteiger partial charge in [-0.25, -0.2) is 9.67 Å². The van der Waals surface area contributed by atoms with Crippen molar-refractivity contribution < 1.29 is 22.8 Å². The summed E-state index contributed by atoms with van der Waals surface area (Å²) in [6.07, 6.45) is 2.50. The van der Waals surface area contributed by atoms with Gasteiger partial charge in [0.05, 0.1) is 17.4 Å². The number of nitrogens with one attached hydrogen (secondary N) is 2. The molecular weight excluding hydrogens is 495 g/mol. The van der Waals surface area contributed by atoms with E-state index in [1.54, 1.807) is 35.3 Å². The molecule has 1 aliphatic rings. The minimum absolute atomic E-state index is 0.00651. The first kappa shape index (κ1) is 25.2. The highest BCUT2D eigenvalue weighted by Crippen LogP contribution is 2.32. The van der Waals surface area contributed by atoms with Gasteiger partial charge in [0.1, 0.15) is 5.82 Å². The molecule has 0 unspecified atom stereocenters. The second-order valence-electron chi connectivity index (χ2n) is 9.36. The molecule has 2 N–H and O–H groups in total. The van der Waals surface area contributed by atoms with E-state index in [1.165, 1.54) is 12.1 Å². The maximum Gasteiger partial charge on any atom is 0.416 e. The van der Waals surface area contributed by atoms with Crippen LogP contribution < -0.4 is 10.6 Å². The van der Waals surface area contributed by atoms with E-state index in [4.69, 9.17) is 0 Å². The number of hydrogen-bond acceptors (Lipinski definition) is 4. The van der Waals surface area contributed by atoms with E-state index in [-0.39, 0.29) is 17.4 Å². The summed E-state index contributed by atoms with van der Waals surface area (Å²) >= 11 is 0. The highest BCUT2D eigenvalue weighted by atomic mass is 19.4. The monoisotopic (exact) mass is 519 g/mol. The lowest BCUT2D eigenvalue weighted by atomic mass is 10.1. The summed E-state index contributed by atoms with van der Waals surface area (Å²) in [6, 6.07) is 11.3. The molecule has 0 spiro atoms. The number of aromatic nitrogens is 3. The Morgan fingerprint density at radius 1 is 0.974 bits per heavy atom. The molecule has 1 saturated carbocycles. The Bertz CT molecular complexity index is 1540. The van der Waals surface area contributed by atoms with Crippen molar-refractivity contribution in [1.82, 2.24) is 14.8 Å². The number of rotatable bonds is 6. The molecule has 4 aromatic rings. The number of alkyl halides is 3. The number of aryl methyl sites for hydroxylation is 2. The van der Waals surface area contributed by atoms with Gasteiger partial charge in [0.15, 0.2) is 0 Å². The Balaban J connectivity index is 1.35. The molecule has 2 aromatic heterocycles. The number of hydrogen-bond donors (Lipinski definition) is 2. The van der Waals surface area contributed by atoms with Gasteiger partial charge in [-0.15, -0.1) is 0 Å². The van der Waals surface area contributed by atoms with E-state index >= 15 is 0 Å². The van der Waals surface area contributed by atoms with E-state index in [9.17, 15) is 22.8 Å². The van der Waals surface area contributed by atoms with Gasteiger partial charge in [-0.1, -0.05) is 12.1 Å². The van der Waals surface area contributed by atoms with E-state index in [0.29, 0.717) is 17.2 Å². The SMILES string of the molecule is Cc1cc(NC(=O)C2CC2)ncc1-c1cnn(-c2cc(NC(=O)c3cccc(C(F)(F)F)c3)ccc2C)c1. The molecule has 0 atom stereocenters. The largest absolute Gasteiger partial charge is 0.416 e. The number of pyridine rings is 1. The first-order chi connectivity index (χ1) is 18.1. The fourth-order valence-corrected chi connectivity index (χ4v) is 4.07. The molecule has 7 nitrogen and oxygen atoms in total. The zero-order chi connectivity index (χ0) is 27.0. The average Bonchev–Trinajstić information content (AvgIpc) is 3.62. The molecule has 0 aliphatic heterocycles. The third-order valence-corrected chi connectivity index (χ3v) is 6.37. The van der Waals surface area contributed by atoms with Gasteiger partial charge in [-0.05, 0) is 74.2 Å². The Hall–Kier alpha value is -4.47. The Labute approximate surface area is 216 Å². The summed E-state index contributed by atoms with van der Waals surface area (Å²) in [4.78, 5) is 29.1. The summed E-state index contributed by atoms with van der Waals surface area (Å²) in [5.41, 5.74) is 3.59. The van der Waals surface area contributed by atoms with Crippen molar-refractivity contribution in [3.8, 4) is 16.8 Å². The lowest BCUT2D eigenvalue weighted by Gasteiger charge is -2.12. The lowest BCUT2D eigenvalue weighted by molar-refractivity contribution is -0.137. The van der Waals surface area contributed by atoms with Gasteiger partial charge >= 0.3 is 6.18 Å². The number of benzene rings is 2. The molecule has 0 saturated heterocycles. The number of carbonyl (C=O) groups is 2. The van der Waals surface area contributed by atoms with Crippen LogP contribution in [0, 0.1) is 19.8 Å². The molecule has 2 aromatic carbocycles. The number of amides is 2. The van der Waals surface area contributed by atoms with Crippen LogP contribution in [0.15, 0.2) is 67.1 Å². The fourth-order valence-electron chi connectivity index (χ4n) is 4.07. The van der Waals surface area contributed by atoms with Crippen LogP contribution in [0.3, 0.4) is 0 Å². The number of nitrogens with zero attached hydrogens (tertiary/aromatic N) is 3. The fraction of sp³-hybridized carbons (Fsp3) is 0.214. The van der Waals surface area contributed by atoms with Crippen molar-refractivity contribution in [2.45, 2.75) is 32.9 Å². The highest BCUT2D eigenvalue weighted by molar-refractivity contribution is 6.04. The Morgan fingerprint density at radius 3 is 2.47 bits per heavy atom. The van der Waals surface area contributed by atoms with Gasteiger partial charge in [-0.2, -0.15) is 18.3 Å².